The van der Waals surface area contributed by atoms with Gasteiger partial charge in [0.15, 0.2) is 0 Å². The molecule has 235 valence electrons. The van der Waals surface area contributed by atoms with Gasteiger partial charge in [0, 0.05) is 0 Å². The molecule has 48 heavy (non-hydrogen) atoms. The van der Waals surface area contributed by atoms with Crippen molar-refractivity contribution < 1.29 is 0 Å². The average Bonchev–Trinajstić information content (AvgIpc) is 3.06. The van der Waals surface area contributed by atoms with Gasteiger partial charge < -0.3 is 5.73 Å². The summed E-state index contributed by atoms with van der Waals surface area (Å²) in [6, 6.07) is 44.3. The zero-order valence-electron chi connectivity index (χ0n) is 28.5. The number of hydrogen-bond donors (Lipinski definition) is 1. The minimum absolute atomic E-state index is 0.747. The topological polar surface area (TPSA) is 32.5 Å². The maximum absolute atomic E-state index is 6.72. The molecule has 0 aliphatic heterocycles. The molecule has 0 aliphatic rings. The second kappa shape index (κ2) is 12.8. The fourth-order valence-corrected chi connectivity index (χ4v) is 8.38. The summed E-state index contributed by atoms with van der Waals surface area (Å²) in [5, 5.41) is 5.00. The Kier molecular flexibility index (Phi) is 8.50. The van der Waals surface area contributed by atoms with Gasteiger partial charge in [0.2, 0.25) is 0 Å². The quantitative estimate of drug-likeness (QED) is 0.103. The molecular formula is C44H40N3Pb. The van der Waals surface area contributed by atoms with Gasteiger partial charge in [0.05, 0.1) is 0 Å². The van der Waals surface area contributed by atoms with Gasteiger partial charge in [-0.05, 0) is 19.9 Å². The molecule has 0 aromatic heterocycles. The van der Waals surface area contributed by atoms with Crippen molar-refractivity contribution in [3.8, 4) is 0 Å². The summed E-state index contributed by atoms with van der Waals surface area (Å²) in [5.74, 6) is 0. The van der Waals surface area contributed by atoms with Crippen LogP contribution in [0.25, 0.3) is 21.5 Å². The number of hydrogen-bond acceptors (Lipinski definition) is 3. The number of nitrogens with zero attached hydrogens (tertiary/aromatic N) is 2. The molecule has 0 bridgehead atoms. The molecule has 0 atom stereocenters. The normalized spacial score (nSPS) is 11.3. The molecule has 7 aromatic carbocycles. The fourth-order valence-electron chi connectivity index (χ4n) is 7.24. The number of benzene rings is 7. The van der Waals surface area contributed by atoms with Gasteiger partial charge in [0.25, 0.3) is 0 Å². The molecule has 0 aliphatic carbocycles. The van der Waals surface area contributed by atoms with E-state index < -0.39 is 0 Å². The van der Waals surface area contributed by atoms with Gasteiger partial charge in [-0.1, -0.05) is 29.8 Å². The van der Waals surface area contributed by atoms with Crippen LogP contribution in [-0.4, -0.2) is 25.8 Å². The number of aryl methyl sites for hydroxylation is 6. The Morgan fingerprint density at radius 3 is 1.33 bits per heavy atom. The molecule has 0 fully saturated rings. The Bertz CT molecular complexity index is 2190. The summed E-state index contributed by atoms with van der Waals surface area (Å²) in [5.41, 5.74) is 21.8. The monoisotopic (exact) mass is 818 g/mol. The van der Waals surface area contributed by atoms with Crippen molar-refractivity contribution in [2.24, 2.45) is 0 Å². The number of nitrogens with two attached hydrogens (primary N) is 1. The summed E-state index contributed by atoms with van der Waals surface area (Å²) < 4.78 is 1.37. The number of fused-ring (bicyclic) bond motifs is 3. The van der Waals surface area contributed by atoms with E-state index in [-0.39, 0.29) is 0 Å². The van der Waals surface area contributed by atoms with Crippen molar-refractivity contribution in [3.63, 3.8) is 0 Å². The minimum Gasteiger partial charge on any atom is -0.0543 e. The van der Waals surface area contributed by atoms with Crippen molar-refractivity contribution in [3.05, 3.63) is 155 Å². The van der Waals surface area contributed by atoms with Crippen LogP contribution in [0, 0.1) is 41.5 Å². The minimum atomic E-state index is 0.747. The van der Waals surface area contributed by atoms with Crippen molar-refractivity contribution in [2.45, 2.75) is 41.5 Å². The number of nitrogen functional groups attached to an aromatic ring is 1. The first-order valence-electron chi connectivity index (χ1n) is 16.5. The van der Waals surface area contributed by atoms with E-state index in [1.807, 2.05) is 12.1 Å². The van der Waals surface area contributed by atoms with E-state index in [4.69, 9.17) is 5.73 Å². The Hall–Kier alpha value is -4.62. The average molecular weight is 818 g/mol. The zero-order chi connectivity index (χ0) is 33.7. The molecule has 7 rings (SSSR count). The predicted octanol–water partition coefficient (Wildman–Crippen LogP) is 11.2. The molecule has 0 spiro atoms. The maximum atomic E-state index is 6.72. The summed E-state index contributed by atoms with van der Waals surface area (Å²) in [7, 11) is 0. The van der Waals surface area contributed by atoms with Crippen molar-refractivity contribution in [1.29, 1.82) is 0 Å². The van der Waals surface area contributed by atoms with Gasteiger partial charge >= 0.3 is 247 Å². The van der Waals surface area contributed by atoms with Crippen LogP contribution in [0.3, 0.4) is 0 Å². The first kappa shape index (κ1) is 32.0. The van der Waals surface area contributed by atoms with Gasteiger partial charge in [-0.3, -0.25) is 0 Å². The fraction of sp³-hybridized carbons (Fsp3) is 0.136. The van der Waals surface area contributed by atoms with Crippen molar-refractivity contribution in [2.75, 3.05) is 15.5 Å². The third-order valence-electron chi connectivity index (χ3n) is 9.52. The number of anilines is 7. The van der Waals surface area contributed by atoms with E-state index in [2.05, 4.69) is 161 Å². The van der Waals surface area contributed by atoms with E-state index in [1.165, 1.54) is 75.1 Å². The molecule has 2 N–H and O–H groups in total. The van der Waals surface area contributed by atoms with Crippen LogP contribution >= 0.6 is 0 Å². The Morgan fingerprint density at radius 1 is 0.417 bits per heavy atom. The van der Waals surface area contributed by atoms with Gasteiger partial charge in [-0.2, -0.15) is 0 Å². The molecule has 0 saturated carbocycles. The molecule has 0 unspecified atom stereocenters. The molecule has 4 heteroatoms. The van der Waals surface area contributed by atoms with E-state index in [0.29, 0.717) is 0 Å². The van der Waals surface area contributed by atoms with Crippen molar-refractivity contribution in [1.82, 2.24) is 0 Å². The molecule has 3 nitrogen and oxygen atoms in total. The standard InChI is InChI=1S/C44H40N3.Pb/c1-28-16-22-38(32(5)26-28)46(34-12-8-7-9-13-34)40-24-18-30(3)43-35(40)20-21-36-41(25-19-31(4)44(36)43)47(42-15-11-10-14-37(42)45)39-23-17-29(2)27-33(39)6;/h7-12,14-27H,45H2,1-6H3;. The zero-order valence-corrected chi connectivity index (χ0v) is 32.4. The van der Waals surface area contributed by atoms with Crippen LogP contribution in [0.15, 0.2) is 121 Å². The van der Waals surface area contributed by atoms with Gasteiger partial charge in [-0.15, -0.1) is 0 Å². The van der Waals surface area contributed by atoms with E-state index >= 15 is 0 Å². The van der Waals surface area contributed by atoms with Gasteiger partial charge in [0.1, 0.15) is 0 Å². The Balaban J connectivity index is 1.55. The second-order valence-electron chi connectivity index (χ2n) is 13.0. The first-order valence-corrected chi connectivity index (χ1v) is 18.4. The number of para-hydroxylation sites is 3. The molecular weight excluding hydrogens is 778 g/mol. The second-order valence-corrected chi connectivity index (χ2v) is 15.1. The third kappa shape index (κ3) is 5.54. The molecule has 0 heterocycles. The molecule has 0 saturated heterocycles. The predicted molar refractivity (Wildman–Crippen MR) is 209 cm³/mol. The molecule has 0 amide bonds. The SMILES string of the molecule is Cc1ccc(N(c2ccccc2N)c2ccc(C)c3c2ccc2c(N(c4ccc(C)cc4C)c4cccc[c]4[Pb])ccc(C)c23)c(C)c1. The van der Waals surface area contributed by atoms with E-state index in [0.717, 1.165) is 48.5 Å². The Morgan fingerprint density at radius 2 is 0.854 bits per heavy atom. The van der Waals surface area contributed by atoms with Crippen LogP contribution < -0.4 is 18.7 Å². The third-order valence-corrected chi connectivity index (χ3v) is 11.2. The molecule has 7 aromatic rings. The smallest absolute Gasteiger partial charge is 0.0543 e. The van der Waals surface area contributed by atoms with Crippen LogP contribution in [-0.2, 0) is 0 Å². The van der Waals surface area contributed by atoms with Crippen LogP contribution in [0.5, 0.6) is 0 Å². The van der Waals surface area contributed by atoms with Crippen molar-refractivity contribution >= 4 is 90.2 Å². The summed E-state index contributed by atoms with van der Waals surface area (Å²) in [6.45, 7) is 13.2. The van der Waals surface area contributed by atoms with E-state index in [1.54, 1.807) is 0 Å². The molecule has 3 radical (unpaired) electrons. The van der Waals surface area contributed by atoms with Crippen LogP contribution in [0.2, 0.25) is 0 Å². The summed E-state index contributed by atoms with van der Waals surface area (Å²) in [4.78, 5) is 4.83. The summed E-state index contributed by atoms with van der Waals surface area (Å²) >= 11 is 0.948. The van der Waals surface area contributed by atoms with Gasteiger partial charge in [-0.25, -0.2) is 0 Å². The number of rotatable bonds is 6. The first-order chi connectivity index (χ1) is 23.1. The summed E-state index contributed by atoms with van der Waals surface area (Å²) in [6.07, 6.45) is 0. The Labute approximate surface area is 300 Å². The van der Waals surface area contributed by atoms with Crippen LogP contribution in [0.1, 0.15) is 33.4 Å². The van der Waals surface area contributed by atoms with Crippen LogP contribution in [0.4, 0.5) is 39.8 Å². The van der Waals surface area contributed by atoms with E-state index in [9.17, 15) is 0 Å².